The molecule has 24 heavy (non-hydrogen) atoms. The van der Waals surface area contributed by atoms with Crippen molar-refractivity contribution in [1.29, 1.82) is 0 Å². The predicted molar refractivity (Wildman–Crippen MR) is 98.5 cm³/mol. The molecule has 0 amide bonds. The highest BCUT2D eigenvalue weighted by molar-refractivity contribution is 6.31. The van der Waals surface area contributed by atoms with Crippen LogP contribution in [0.3, 0.4) is 0 Å². The Balaban J connectivity index is 1.89. The number of allylic oxidation sites excluding steroid dienone is 1. The van der Waals surface area contributed by atoms with Gasteiger partial charge in [0.25, 0.3) is 0 Å². The van der Waals surface area contributed by atoms with Gasteiger partial charge in [0, 0.05) is 28.0 Å². The van der Waals surface area contributed by atoms with Gasteiger partial charge in [-0.15, -0.1) is 0 Å². The van der Waals surface area contributed by atoms with Crippen LogP contribution in [0.5, 0.6) is 5.75 Å². The molecular weight excluding hydrogens is 343 g/mol. The number of imidazole rings is 1. The Morgan fingerprint density at radius 2 is 1.88 bits per heavy atom. The second-order valence-corrected chi connectivity index (χ2v) is 6.07. The molecule has 0 saturated heterocycles. The van der Waals surface area contributed by atoms with Crippen LogP contribution in [0, 0.1) is 0 Å². The van der Waals surface area contributed by atoms with Crippen LogP contribution in [0.1, 0.15) is 18.1 Å². The Kier molecular flexibility index (Phi) is 5.24. The summed E-state index contributed by atoms with van der Waals surface area (Å²) in [5, 5.41) is 1.37. The number of rotatable bonds is 5. The average molecular weight is 359 g/mol. The van der Waals surface area contributed by atoms with Gasteiger partial charge in [-0.25, -0.2) is 4.98 Å². The Hall–Kier alpha value is -2.23. The maximum absolute atomic E-state index is 6.19. The van der Waals surface area contributed by atoms with Crippen LogP contribution in [0.4, 0.5) is 0 Å². The molecule has 0 fully saturated rings. The zero-order chi connectivity index (χ0) is 16.9. The minimum atomic E-state index is 0.451. The fourth-order valence-corrected chi connectivity index (χ4v) is 2.71. The number of nitrogens with zero attached hydrogens (tertiary/aromatic N) is 2. The fraction of sp³-hybridized carbons (Fsp3) is 0.105. The summed E-state index contributed by atoms with van der Waals surface area (Å²) >= 11 is 12.1. The Labute approximate surface area is 151 Å². The van der Waals surface area contributed by atoms with E-state index in [4.69, 9.17) is 27.9 Å². The first-order valence-corrected chi connectivity index (χ1v) is 8.25. The van der Waals surface area contributed by atoms with Gasteiger partial charge in [-0.3, -0.25) is 0 Å². The van der Waals surface area contributed by atoms with Gasteiger partial charge in [-0.1, -0.05) is 41.4 Å². The van der Waals surface area contributed by atoms with Gasteiger partial charge in [0.05, 0.1) is 12.0 Å². The predicted octanol–water partition coefficient (Wildman–Crippen LogP) is 5.68. The summed E-state index contributed by atoms with van der Waals surface area (Å²) in [4.78, 5) is 4.11. The third-order valence-electron chi connectivity index (χ3n) is 3.58. The second-order valence-electron chi connectivity index (χ2n) is 5.20. The van der Waals surface area contributed by atoms with Crippen molar-refractivity contribution < 1.29 is 4.74 Å². The quantitative estimate of drug-likeness (QED) is 0.586. The summed E-state index contributed by atoms with van der Waals surface area (Å²) in [7, 11) is 0. The number of hydrogen-bond acceptors (Lipinski definition) is 2. The molecule has 5 heteroatoms. The van der Waals surface area contributed by atoms with Gasteiger partial charge < -0.3 is 9.30 Å². The van der Waals surface area contributed by atoms with Crippen molar-refractivity contribution in [1.82, 2.24) is 9.55 Å². The number of benzene rings is 2. The van der Waals surface area contributed by atoms with Gasteiger partial charge in [0.1, 0.15) is 12.4 Å². The van der Waals surface area contributed by atoms with E-state index >= 15 is 0 Å². The summed E-state index contributed by atoms with van der Waals surface area (Å²) in [6, 6.07) is 13.2. The van der Waals surface area contributed by atoms with E-state index in [-0.39, 0.29) is 0 Å². The Morgan fingerprint density at radius 1 is 1.12 bits per heavy atom. The van der Waals surface area contributed by atoms with Crippen molar-refractivity contribution in [3.05, 3.63) is 88.4 Å². The average Bonchev–Trinajstić information content (AvgIpc) is 3.11. The van der Waals surface area contributed by atoms with E-state index in [2.05, 4.69) is 4.98 Å². The van der Waals surface area contributed by atoms with E-state index in [0.717, 1.165) is 22.6 Å². The number of hydrogen-bond donors (Lipinski definition) is 0. The lowest BCUT2D eigenvalue weighted by Crippen LogP contribution is -2.02. The molecule has 0 aliphatic rings. The molecule has 0 aliphatic heterocycles. The standard InChI is InChI=1S/C19H16Cl2N2O/c1-2-18(23-10-9-22-13-23)17-11-16(21)7-8-19(17)24-12-14-3-5-15(20)6-4-14/h2-11,13H,12H2,1H3/b18-2-. The molecule has 2 aromatic carbocycles. The van der Waals surface area contributed by atoms with Gasteiger partial charge in [0.2, 0.25) is 0 Å². The van der Waals surface area contributed by atoms with Crippen LogP contribution in [-0.4, -0.2) is 9.55 Å². The molecule has 1 aromatic heterocycles. The van der Waals surface area contributed by atoms with Crippen molar-refractivity contribution in [2.24, 2.45) is 0 Å². The molecule has 0 unspecified atom stereocenters. The fourth-order valence-electron chi connectivity index (χ4n) is 2.42. The van der Waals surface area contributed by atoms with Crippen molar-refractivity contribution in [2.75, 3.05) is 0 Å². The van der Waals surface area contributed by atoms with Crippen molar-refractivity contribution in [2.45, 2.75) is 13.5 Å². The molecule has 3 nitrogen and oxygen atoms in total. The summed E-state index contributed by atoms with van der Waals surface area (Å²) in [5.74, 6) is 0.760. The SMILES string of the molecule is C/C=C(/c1cc(Cl)ccc1OCc1ccc(Cl)cc1)n1ccnc1. The molecule has 0 saturated carbocycles. The Bertz CT molecular complexity index is 840. The first-order valence-electron chi connectivity index (χ1n) is 7.49. The van der Waals surface area contributed by atoms with Crippen LogP contribution < -0.4 is 4.74 Å². The molecule has 3 rings (SSSR count). The van der Waals surface area contributed by atoms with Gasteiger partial charge in [-0.2, -0.15) is 0 Å². The molecule has 3 aromatic rings. The number of halogens is 2. The van der Waals surface area contributed by atoms with Crippen LogP contribution in [0.25, 0.3) is 5.70 Å². The van der Waals surface area contributed by atoms with Crippen molar-refractivity contribution in [3.63, 3.8) is 0 Å². The molecule has 0 radical (unpaired) electrons. The third kappa shape index (κ3) is 3.81. The monoisotopic (exact) mass is 358 g/mol. The summed E-state index contributed by atoms with van der Waals surface area (Å²) in [6.45, 7) is 2.42. The maximum Gasteiger partial charge on any atom is 0.129 e. The normalized spacial score (nSPS) is 11.5. The zero-order valence-electron chi connectivity index (χ0n) is 13.1. The molecule has 0 bridgehead atoms. The minimum absolute atomic E-state index is 0.451. The lowest BCUT2D eigenvalue weighted by atomic mass is 10.1. The molecule has 1 heterocycles. The zero-order valence-corrected chi connectivity index (χ0v) is 14.6. The van der Waals surface area contributed by atoms with E-state index in [9.17, 15) is 0 Å². The lowest BCUT2D eigenvalue weighted by Gasteiger charge is -2.15. The van der Waals surface area contributed by atoms with Crippen LogP contribution in [0.15, 0.2) is 67.3 Å². The van der Waals surface area contributed by atoms with Crippen LogP contribution in [-0.2, 0) is 6.61 Å². The van der Waals surface area contributed by atoms with Gasteiger partial charge in [-0.05, 0) is 42.8 Å². The van der Waals surface area contributed by atoms with E-state index in [1.807, 2.05) is 66.2 Å². The van der Waals surface area contributed by atoms with E-state index in [0.29, 0.717) is 16.7 Å². The van der Waals surface area contributed by atoms with Crippen molar-refractivity contribution in [3.8, 4) is 5.75 Å². The molecule has 0 spiro atoms. The molecule has 0 atom stereocenters. The first kappa shape index (κ1) is 16.6. The summed E-state index contributed by atoms with van der Waals surface area (Å²) < 4.78 is 7.95. The summed E-state index contributed by atoms with van der Waals surface area (Å²) in [5.41, 5.74) is 2.92. The first-order chi connectivity index (χ1) is 11.7. The second kappa shape index (κ2) is 7.56. The Morgan fingerprint density at radius 3 is 2.54 bits per heavy atom. The van der Waals surface area contributed by atoms with E-state index < -0.39 is 0 Å². The van der Waals surface area contributed by atoms with Crippen LogP contribution >= 0.6 is 23.2 Å². The number of ether oxygens (including phenoxy) is 1. The van der Waals surface area contributed by atoms with E-state index in [1.165, 1.54) is 0 Å². The van der Waals surface area contributed by atoms with Gasteiger partial charge in [0.15, 0.2) is 0 Å². The minimum Gasteiger partial charge on any atom is -0.488 e. The highest BCUT2D eigenvalue weighted by Crippen LogP contribution is 2.31. The smallest absolute Gasteiger partial charge is 0.129 e. The van der Waals surface area contributed by atoms with E-state index in [1.54, 1.807) is 12.5 Å². The maximum atomic E-state index is 6.19. The largest absolute Gasteiger partial charge is 0.488 e. The lowest BCUT2D eigenvalue weighted by molar-refractivity contribution is 0.305. The number of aromatic nitrogens is 2. The molecule has 0 N–H and O–H groups in total. The highest BCUT2D eigenvalue weighted by Gasteiger charge is 2.11. The topological polar surface area (TPSA) is 27.1 Å². The molecular formula is C19H16Cl2N2O. The van der Waals surface area contributed by atoms with Crippen LogP contribution in [0.2, 0.25) is 10.0 Å². The molecule has 0 aliphatic carbocycles. The highest BCUT2D eigenvalue weighted by atomic mass is 35.5. The molecule has 122 valence electrons. The summed E-state index contributed by atoms with van der Waals surface area (Å²) in [6.07, 6.45) is 7.38. The third-order valence-corrected chi connectivity index (χ3v) is 4.07. The van der Waals surface area contributed by atoms with Gasteiger partial charge >= 0.3 is 0 Å². The van der Waals surface area contributed by atoms with Crippen molar-refractivity contribution >= 4 is 28.9 Å².